The van der Waals surface area contributed by atoms with Crippen molar-refractivity contribution >= 4 is 21.9 Å². The predicted molar refractivity (Wildman–Crippen MR) is 75.5 cm³/mol. The van der Waals surface area contributed by atoms with Crippen LogP contribution in [0.3, 0.4) is 0 Å². The summed E-state index contributed by atoms with van der Waals surface area (Å²) >= 11 is 0. The SMILES string of the molecule is CCOC(=O)CN1CCCN(c2ccccc2F)S1(=O)=O. The van der Waals surface area contributed by atoms with Crippen molar-refractivity contribution in [1.82, 2.24) is 4.31 Å². The van der Waals surface area contributed by atoms with Gasteiger partial charge in [0, 0.05) is 13.1 Å². The number of ether oxygens (including phenoxy) is 1. The Kier molecular flexibility index (Phi) is 4.79. The molecule has 0 amide bonds. The van der Waals surface area contributed by atoms with Crippen LogP contribution in [0.15, 0.2) is 24.3 Å². The summed E-state index contributed by atoms with van der Waals surface area (Å²) in [4.78, 5) is 11.5. The van der Waals surface area contributed by atoms with Crippen LogP contribution in [-0.2, 0) is 19.7 Å². The molecule has 0 spiro atoms. The maximum atomic E-state index is 13.8. The van der Waals surface area contributed by atoms with Gasteiger partial charge in [0.15, 0.2) is 0 Å². The Bertz CT molecular complexity index is 620. The zero-order chi connectivity index (χ0) is 15.5. The minimum atomic E-state index is -3.93. The molecular formula is C13H17FN2O4S. The Morgan fingerprint density at radius 2 is 2.05 bits per heavy atom. The quantitative estimate of drug-likeness (QED) is 0.782. The molecule has 2 rings (SSSR count). The van der Waals surface area contributed by atoms with Gasteiger partial charge >= 0.3 is 16.2 Å². The van der Waals surface area contributed by atoms with E-state index in [1.54, 1.807) is 13.0 Å². The highest BCUT2D eigenvalue weighted by Crippen LogP contribution is 2.26. The Labute approximate surface area is 123 Å². The molecule has 1 aliphatic heterocycles. The molecule has 0 aromatic heterocycles. The van der Waals surface area contributed by atoms with E-state index >= 15 is 0 Å². The molecule has 1 heterocycles. The molecule has 116 valence electrons. The van der Waals surface area contributed by atoms with Gasteiger partial charge < -0.3 is 4.74 Å². The topological polar surface area (TPSA) is 66.9 Å². The summed E-state index contributed by atoms with van der Waals surface area (Å²) in [7, 11) is -3.93. The van der Waals surface area contributed by atoms with E-state index in [0.29, 0.717) is 6.42 Å². The van der Waals surface area contributed by atoms with Gasteiger partial charge in [-0.15, -0.1) is 0 Å². The summed E-state index contributed by atoms with van der Waals surface area (Å²) in [5.74, 6) is -1.23. The van der Waals surface area contributed by atoms with E-state index in [-0.39, 0.29) is 31.9 Å². The lowest BCUT2D eigenvalue weighted by molar-refractivity contribution is -0.143. The van der Waals surface area contributed by atoms with Gasteiger partial charge in [0.25, 0.3) is 0 Å². The van der Waals surface area contributed by atoms with Crippen molar-refractivity contribution in [3.63, 3.8) is 0 Å². The zero-order valence-electron chi connectivity index (χ0n) is 11.7. The maximum Gasteiger partial charge on any atom is 0.321 e. The Balaban J connectivity index is 2.25. The summed E-state index contributed by atoms with van der Waals surface area (Å²) in [6, 6.07) is 5.67. The molecule has 0 unspecified atom stereocenters. The summed E-state index contributed by atoms with van der Waals surface area (Å²) in [5, 5.41) is 0. The summed E-state index contributed by atoms with van der Waals surface area (Å²) in [6.07, 6.45) is 0.507. The number of carbonyl (C=O) groups excluding carboxylic acids is 1. The summed E-state index contributed by atoms with van der Waals surface area (Å²) in [6.45, 7) is 1.87. The monoisotopic (exact) mass is 316 g/mol. The van der Waals surface area contributed by atoms with Crippen LogP contribution in [-0.4, -0.2) is 44.9 Å². The van der Waals surface area contributed by atoms with Gasteiger partial charge in [-0.25, -0.2) is 4.39 Å². The number of halogens is 1. The molecular weight excluding hydrogens is 299 g/mol. The van der Waals surface area contributed by atoms with Crippen LogP contribution in [0.25, 0.3) is 0 Å². The second kappa shape index (κ2) is 6.40. The summed E-state index contributed by atoms with van der Waals surface area (Å²) in [5.41, 5.74) is -0.00828. The van der Waals surface area contributed by atoms with Crippen molar-refractivity contribution in [2.75, 3.05) is 30.5 Å². The van der Waals surface area contributed by atoms with Crippen LogP contribution in [0, 0.1) is 5.82 Å². The van der Waals surface area contributed by atoms with Crippen LogP contribution in [0.2, 0.25) is 0 Å². The molecule has 0 radical (unpaired) electrons. The highest BCUT2D eigenvalue weighted by atomic mass is 32.2. The number of esters is 1. The third-order valence-corrected chi connectivity index (χ3v) is 5.01. The largest absolute Gasteiger partial charge is 0.465 e. The van der Waals surface area contributed by atoms with Crippen molar-refractivity contribution in [1.29, 1.82) is 0 Å². The van der Waals surface area contributed by atoms with Crippen molar-refractivity contribution in [3.05, 3.63) is 30.1 Å². The first kappa shape index (κ1) is 15.7. The van der Waals surface area contributed by atoms with E-state index in [9.17, 15) is 17.6 Å². The average molecular weight is 316 g/mol. The third kappa shape index (κ3) is 3.33. The van der Waals surface area contributed by atoms with Crippen molar-refractivity contribution < 1.29 is 22.3 Å². The van der Waals surface area contributed by atoms with Gasteiger partial charge in [0.1, 0.15) is 12.4 Å². The number of para-hydroxylation sites is 1. The molecule has 1 saturated heterocycles. The van der Waals surface area contributed by atoms with E-state index in [1.165, 1.54) is 18.2 Å². The van der Waals surface area contributed by atoms with Gasteiger partial charge in [0.05, 0.1) is 12.3 Å². The first-order valence-corrected chi connectivity index (χ1v) is 8.04. The van der Waals surface area contributed by atoms with Crippen molar-refractivity contribution in [2.45, 2.75) is 13.3 Å². The van der Waals surface area contributed by atoms with Crippen LogP contribution in [0.1, 0.15) is 13.3 Å². The number of nitrogens with zero attached hydrogens (tertiary/aromatic N) is 2. The molecule has 1 aromatic carbocycles. The normalized spacial score (nSPS) is 18.5. The number of rotatable bonds is 4. The molecule has 6 nitrogen and oxygen atoms in total. The Morgan fingerprint density at radius 3 is 2.71 bits per heavy atom. The fourth-order valence-corrected chi connectivity index (χ4v) is 3.83. The van der Waals surface area contributed by atoms with Crippen molar-refractivity contribution in [3.8, 4) is 0 Å². The molecule has 0 atom stereocenters. The molecule has 1 aromatic rings. The van der Waals surface area contributed by atoms with Crippen LogP contribution in [0.5, 0.6) is 0 Å². The number of carbonyl (C=O) groups is 1. The van der Waals surface area contributed by atoms with Gasteiger partial charge in [-0.2, -0.15) is 12.7 Å². The van der Waals surface area contributed by atoms with Crippen LogP contribution in [0.4, 0.5) is 10.1 Å². The van der Waals surface area contributed by atoms with E-state index in [4.69, 9.17) is 4.74 Å². The minimum Gasteiger partial charge on any atom is -0.465 e. The average Bonchev–Trinajstić information content (AvgIpc) is 2.42. The Hall–Kier alpha value is -1.67. The predicted octanol–water partition coefficient (Wildman–Crippen LogP) is 1.15. The van der Waals surface area contributed by atoms with Gasteiger partial charge in [-0.05, 0) is 25.5 Å². The second-order valence-corrected chi connectivity index (χ2v) is 6.38. The Morgan fingerprint density at radius 1 is 1.33 bits per heavy atom. The highest BCUT2D eigenvalue weighted by Gasteiger charge is 2.36. The van der Waals surface area contributed by atoms with E-state index in [0.717, 1.165) is 8.61 Å². The fourth-order valence-electron chi connectivity index (χ4n) is 2.17. The zero-order valence-corrected chi connectivity index (χ0v) is 12.5. The number of benzene rings is 1. The van der Waals surface area contributed by atoms with E-state index in [2.05, 4.69) is 0 Å². The second-order valence-electron chi connectivity index (χ2n) is 4.52. The standard InChI is InChI=1S/C13H17FN2O4S/c1-2-20-13(17)10-15-8-5-9-16(21(15,18)19)12-7-4-3-6-11(12)14/h3-4,6-7H,2,5,8-10H2,1H3. The first-order valence-electron chi connectivity index (χ1n) is 6.64. The third-order valence-electron chi connectivity index (χ3n) is 3.11. The summed E-state index contributed by atoms with van der Waals surface area (Å²) < 4.78 is 45.5. The van der Waals surface area contributed by atoms with Gasteiger partial charge in [-0.3, -0.25) is 9.10 Å². The lowest BCUT2D eigenvalue weighted by Crippen LogP contribution is -2.51. The molecule has 21 heavy (non-hydrogen) atoms. The van der Waals surface area contributed by atoms with E-state index in [1.807, 2.05) is 0 Å². The molecule has 0 saturated carbocycles. The molecule has 0 N–H and O–H groups in total. The van der Waals surface area contributed by atoms with Gasteiger partial charge in [-0.1, -0.05) is 12.1 Å². The van der Waals surface area contributed by atoms with E-state index < -0.39 is 22.0 Å². The molecule has 0 aliphatic carbocycles. The highest BCUT2D eigenvalue weighted by molar-refractivity contribution is 7.90. The molecule has 1 aliphatic rings. The molecule has 0 bridgehead atoms. The van der Waals surface area contributed by atoms with Gasteiger partial charge in [0.2, 0.25) is 0 Å². The van der Waals surface area contributed by atoms with Crippen molar-refractivity contribution in [2.24, 2.45) is 0 Å². The lowest BCUT2D eigenvalue weighted by atomic mass is 10.3. The number of hydrogen-bond acceptors (Lipinski definition) is 4. The molecule has 1 fully saturated rings. The smallest absolute Gasteiger partial charge is 0.321 e. The number of hydrogen-bond donors (Lipinski definition) is 0. The maximum absolute atomic E-state index is 13.8. The first-order chi connectivity index (χ1) is 9.96. The molecule has 8 heteroatoms. The fraction of sp³-hybridized carbons (Fsp3) is 0.462. The van der Waals surface area contributed by atoms with Crippen LogP contribution < -0.4 is 4.31 Å². The number of anilines is 1. The lowest BCUT2D eigenvalue weighted by Gasteiger charge is -2.35. The minimum absolute atomic E-state index is 0.00828. The van der Waals surface area contributed by atoms with Crippen LogP contribution >= 0.6 is 0 Å².